The molecule has 0 unspecified atom stereocenters. The largest absolute Gasteiger partial charge is 0.503 e. The number of aromatic nitrogens is 1. The molecule has 5 heteroatoms. The number of benzene rings is 1. The molecule has 0 radical (unpaired) electrons. The Morgan fingerprint density at radius 2 is 1.93 bits per heavy atom. The van der Waals surface area contributed by atoms with Gasteiger partial charge in [-0.25, -0.2) is 4.79 Å². The number of aryl methyl sites for hydroxylation is 1. The van der Waals surface area contributed by atoms with Crippen LogP contribution in [0.5, 0.6) is 0 Å². The Labute approximate surface area is 79.6 Å². The number of nitrogens with zero attached hydrogens (tertiary/aromatic N) is 1. The molecule has 0 aliphatic carbocycles. The van der Waals surface area contributed by atoms with Crippen LogP contribution in [-0.2, 0) is 0 Å². The number of rotatable bonds is 0. The predicted octanol–water partition coefficient (Wildman–Crippen LogP) is 2.36. The van der Waals surface area contributed by atoms with E-state index in [0.29, 0.717) is 0 Å². The van der Waals surface area contributed by atoms with Crippen LogP contribution in [0.25, 0.3) is 11.0 Å². The molecule has 74 valence electrons. The lowest BCUT2D eigenvalue weighted by atomic mass is 10.2. The molecule has 0 amide bonds. The third-order valence-corrected chi connectivity index (χ3v) is 1.56. The molecule has 1 aromatic heterocycles. The van der Waals surface area contributed by atoms with Gasteiger partial charge in [-0.1, -0.05) is 17.3 Å². The van der Waals surface area contributed by atoms with Crippen molar-refractivity contribution in [2.75, 3.05) is 0 Å². The molecular weight excluding hydrogens is 186 g/mol. The van der Waals surface area contributed by atoms with E-state index in [9.17, 15) is 0 Å². The number of fused-ring (bicyclic) bond motifs is 1. The molecule has 0 saturated heterocycles. The fraction of sp³-hybridized carbons (Fsp3) is 0.111. The first-order valence-corrected chi connectivity index (χ1v) is 3.84. The van der Waals surface area contributed by atoms with Gasteiger partial charge in [0.1, 0.15) is 0 Å². The van der Waals surface area contributed by atoms with Crippen molar-refractivity contribution in [3.05, 3.63) is 30.0 Å². The fourth-order valence-corrected chi connectivity index (χ4v) is 1.01. The standard InChI is InChI=1S/C8H7NO.CH2O3/c1-6-7-4-2-3-5-8(7)10-9-6;2-1(3)4/h2-5H,1H3;(H2,2,3,4). The van der Waals surface area contributed by atoms with Gasteiger partial charge in [0.05, 0.1) is 5.69 Å². The number of hydrogen-bond donors (Lipinski definition) is 2. The summed E-state index contributed by atoms with van der Waals surface area (Å²) in [5.41, 5.74) is 1.82. The van der Waals surface area contributed by atoms with Crippen molar-refractivity contribution in [3.8, 4) is 0 Å². The van der Waals surface area contributed by atoms with E-state index in [-0.39, 0.29) is 0 Å². The molecule has 2 N–H and O–H groups in total. The molecule has 2 rings (SSSR count). The summed E-state index contributed by atoms with van der Waals surface area (Å²) in [6, 6.07) is 7.83. The van der Waals surface area contributed by atoms with Crippen LogP contribution in [0.15, 0.2) is 28.8 Å². The van der Waals surface area contributed by atoms with Crippen LogP contribution in [0, 0.1) is 6.92 Å². The number of hydrogen-bond acceptors (Lipinski definition) is 3. The van der Waals surface area contributed by atoms with Gasteiger partial charge in [0.15, 0.2) is 5.58 Å². The van der Waals surface area contributed by atoms with Gasteiger partial charge < -0.3 is 14.7 Å². The maximum Gasteiger partial charge on any atom is 0.503 e. The lowest BCUT2D eigenvalue weighted by Gasteiger charge is -1.82. The van der Waals surface area contributed by atoms with Gasteiger partial charge in [-0.15, -0.1) is 0 Å². The molecule has 0 fully saturated rings. The maximum atomic E-state index is 8.56. The van der Waals surface area contributed by atoms with Crippen LogP contribution in [0.4, 0.5) is 4.79 Å². The van der Waals surface area contributed by atoms with E-state index in [1.165, 1.54) is 0 Å². The minimum Gasteiger partial charge on any atom is -0.450 e. The summed E-state index contributed by atoms with van der Waals surface area (Å²) in [5, 5.41) is 18.9. The summed E-state index contributed by atoms with van der Waals surface area (Å²) in [6.45, 7) is 1.94. The summed E-state index contributed by atoms with van der Waals surface area (Å²) in [4.78, 5) is 8.56. The fourth-order valence-electron chi connectivity index (χ4n) is 1.01. The Morgan fingerprint density at radius 1 is 1.36 bits per heavy atom. The van der Waals surface area contributed by atoms with Crippen molar-refractivity contribution in [3.63, 3.8) is 0 Å². The van der Waals surface area contributed by atoms with Crippen molar-refractivity contribution < 1.29 is 19.5 Å². The third-order valence-electron chi connectivity index (χ3n) is 1.56. The van der Waals surface area contributed by atoms with Crippen LogP contribution < -0.4 is 0 Å². The minimum absolute atomic E-state index is 0.861. The number of carbonyl (C=O) groups is 1. The quantitative estimate of drug-likeness (QED) is 0.674. The van der Waals surface area contributed by atoms with Crippen LogP contribution in [0.3, 0.4) is 0 Å². The molecular formula is C9H9NO4. The molecule has 1 heterocycles. The van der Waals surface area contributed by atoms with Crippen molar-refractivity contribution in [2.45, 2.75) is 6.92 Å². The zero-order valence-electron chi connectivity index (χ0n) is 7.47. The average molecular weight is 195 g/mol. The Hall–Kier alpha value is -2.04. The van der Waals surface area contributed by atoms with Crippen molar-refractivity contribution in [1.29, 1.82) is 0 Å². The number of para-hydroxylation sites is 1. The van der Waals surface area contributed by atoms with E-state index < -0.39 is 6.16 Å². The van der Waals surface area contributed by atoms with Crippen molar-refractivity contribution >= 4 is 17.1 Å². The van der Waals surface area contributed by atoms with Gasteiger partial charge in [-0.2, -0.15) is 0 Å². The lowest BCUT2D eigenvalue weighted by Crippen LogP contribution is -1.81. The predicted molar refractivity (Wildman–Crippen MR) is 49.4 cm³/mol. The van der Waals surface area contributed by atoms with E-state index in [1.54, 1.807) is 0 Å². The summed E-state index contributed by atoms with van der Waals surface area (Å²) < 4.78 is 5.00. The van der Waals surface area contributed by atoms with E-state index in [1.807, 2.05) is 31.2 Å². The minimum atomic E-state index is -1.83. The molecule has 0 aliphatic heterocycles. The molecule has 0 aliphatic rings. The highest BCUT2D eigenvalue weighted by Gasteiger charge is 1.99. The molecule has 0 saturated carbocycles. The smallest absolute Gasteiger partial charge is 0.450 e. The van der Waals surface area contributed by atoms with Crippen molar-refractivity contribution in [2.24, 2.45) is 0 Å². The highest BCUT2D eigenvalue weighted by Crippen LogP contribution is 2.15. The second-order valence-electron chi connectivity index (χ2n) is 2.55. The molecule has 2 aromatic rings. The van der Waals surface area contributed by atoms with Crippen LogP contribution in [-0.4, -0.2) is 21.5 Å². The highest BCUT2D eigenvalue weighted by atomic mass is 16.6. The van der Waals surface area contributed by atoms with Gasteiger partial charge in [-0.05, 0) is 19.1 Å². The SMILES string of the molecule is Cc1noc2ccccc12.O=C(O)O. The average Bonchev–Trinajstić information content (AvgIpc) is 2.48. The van der Waals surface area contributed by atoms with Gasteiger partial charge in [-0.3, -0.25) is 0 Å². The zero-order valence-corrected chi connectivity index (χ0v) is 7.47. The highest BCUT2D eigenvalue weighted by molar-refractivity contribution is 5.78. The molecule has 14 heavy (non-hydrogen) atoms. The normalized spacial score (nSPS) is 9.21. The maximum absolute atomic E-state index is 8.56. The van der Waals surface area contributed by atoms with Gasteiger partial charge in [0.2, 0.25) is 0 Å². The first kappa shape index (κ1) is 10.0. The van der Waals surface area contributed by atoms with Gasteiger partial charge >= 0.3 is 6.16 Å². The second kappa shape index (κ2) is 4.27. The van der Waals surface area contributed by atoms with Crippen LogP contribution >= 0.6 is 0 Å². The Morgan fingerprint density at radius 3 is 2.50 bits per heavy atom. The summed E-state index contributed by atoms with van der Waals surface area (Å²) >= 11 is 0. The van der Waals surface area contributed by atoms with E-state index in [0.717, 1.165) is 16.7 Å². The van der Waals surface area contributed by atoms with Gasteiger partial charge in [0, 0.05) is 5.39 Å². The molecule has 0 atom stereocenters. The summed E-state index contributed by atoms with van der Waals surface area (Å²) in [7, 11) is 0. The molecule has 1 aromatic carbocycles. The molecule has 0 spiro atoms. The van der Waals surface area contributed by atoms with Gasteiger partial charge in [0.25, 0.3) is 0 Å². The first-order chi connectivity index (χ1) is 6.61. The second-order valence-corrected chi connectivity index (χ2v) is 2.55. The lowest BCUT2D eigenvalue weighted by molar-refractivity contribution is 0.137. The number of carboxylic acid groups (broad SMARTS) is 2. The van der Waals surface area contributed by atoms with Crippen LogP contribution in [0.1, 0.15) is 5.69 Å². The summed E-state index contributed by atoms with van der Waals surface area (Å²) in [5.74, 6) is 0. The Bertz CT molecular complexity index is 431. The monoisotopic (exact) mass is 195 g/mol. The van der Waals surface area contributed by atoms with E-state index in [4.69, 9.17) is 19.5 Å². The Balaban J connectivity index is 0.000000213. The topological polar surface area (TPSA) is 83.6 Å². The van der Waals surface area contributed by atoms with E-state index >= 15 is 0 Å². The van der Waals surface area contributed by atoms with Crippen molar-refractivity contribution in [1.82, 2.24) is 5.16 Å². The first-order valence-electron chi connectivity index (χ1n) is 3.84. The summed E-state index contributed by atoms with van der Waals surface area (Å²) in [6.07, 6.45) is -1.83. The molecule has 0 bridgehead atoms. The Kier molecular flexibility index (Phi) is 3.06. The van der Waals surface area contributed by atoms with E-state index in [2.05, 4.69) is 5.16 Å². The third kappa shape index (κ3) is 2.48. The molecule has 5 nitrogen and oxygen atoms in total. The zero-order chi connectivity index (χ0) is 10.6. The van der Waals surface area contributed by atoms with Crippen LogP contribution in [0.2, 0.25) is 0 Å².